The molecule has 2 atom stereocenters. The highest BCUT2D eigenvalue weighted by Crippen LogP contribution is 2.23. The largest absolute Gasteiger partial charge is 0.466 e. The molecule has 0 aliphatic heterocycles. The lowest BCUT2D eigenvalue weighted by Crippen LogP contribution is -2.34. The van der Waals surface area contributed by atoms with Crippen molar-refractivity contribution in [2.75, 3.05) is 6.61 Å². The van der Waals surface area contributed by atoms with Crippen molar-refractivity contribution in [3.05, 3.63) is 0 Å². The van der Waals surface area contributed by atoms with Crippen molar-refractivity contribution in [3.63, 3.8) is 0 Å². The summed E-state index contributed by atoms with van der Waals surface area (Å²) in [6.45, 7) is 8.15. The molecule has 0 aromatic heterocycles. The molecule has 0 rings (SSSR count). The van der Waals surface area contributed by atoms with Gasteiger partial charge in [-0.15, -0.1) is 0 Å². The van der Waals surface area contributed by atoms with Gasteiger partial charge in [-0.2, -0.15) is 0 Å². The summed E-state index contributed by atoms with van der Waals surface area (Å²) in [5.74, 6) is -0.436. The average Bonchev–Trinajstić information content (AvgIpc) is 2.21. The van der Waals surface area contributed by atoms with Crippen LogP contribution in [0.15, 0.2) is 0 Å². The Morgan fingerprint density at radius 3 is 2.00 bits per heavy atom. The molecule has 0 spiro atoms. The Morgan fingerprint density at radius 2 is 1.67 bits per heavy atom. The smallest absolute Gasteiger partial charge is 0.311 e. The fourth-order valence-corrected chi connectivity index (χ4v) is 1.90. The number of hydrogen-bond acceptors (Lipinski definition) is 3. The highest BCUT2D eigenvalue weighted by atomic mass is 16.5. The van der Waals surface area contributed by atoms with Crippen molar-refractivity contribution in [2.45, 2.75) is 53.1 Å². The van der Waals surface area contributed by atoms with E-state index >= 15 is 0 Å². The summed E-state index contributed by atoms with van der Waals surface area (Å²) in [5.41, 5.74) is 0. The van der Waals surface area contributed by atoms with Gasteiger partial charge in [0.2, 0.25) is 0 Å². The molecule has 0 saturated heterocycles. The van der Waals surface area contributed by atoms with Gasteiger partial charge < -0.3 is 9.84 Å². The van der Waals surface area contributed by atoms with E-state index < -0.39 is 6.10 Å². The monoisotopic (exact) mass is 216 g/mol. The van der Waals surface area contributed by atoms with Crippen molar-refractivity contribution >= 4 is 5.97 Å². The van der Waals surface area contributed by atoms with Crippen molar-refractivity contribution in [1.29, 1.82) is 0 Å². The normalized spacial score (nSPS) is 15.1. The fourth-order valence-electron chi connectivity index (χ4n) is 1.90. The third kappa shape index (κ3) is 4.20. The maximum Gasteiger partial charge on any atom is 0.311 e. The van der Waals surface area contributed by atoms with E-state index in [1.807, 2.05) is 20.8 Å². The van der Waals surface area contributed by atoms with Crippen LogP contribution in [0.3, 0.4) is 0 Å². The van der Waals surface area contributed by atoms with Crippen LogP contribution in [0.25, 0.3) is 0 Å². The highest BCUT2D eigenvalue weighted by molar-refractivity contribution is 5.73. The quantitative estimate of drug-likeness (QED) is 0.665. The zero-order valence-corrected chi connectivity index (χ0v) is 10.3. The third-order valence-electron chi connectivity index (χ3n) is 2.97. The molecule has 0 aromatic rings. The van der Waals surface area contributed by atoms with E-state index in [0.29, 0.717) is 13.0 Å². The second-order valence-corrected chi connectivity index (χ2v) is 3.83. The Labute approximate surface area is 92.8 Å². The number of esters is 1. The molecule has 1 N–H and O–H groups in total. The molecule has 90 valence electrons. The fraction of sp³-hybridized carbons (Fsp3) is 0.917. The van der Waals surface area contributed by atoms with Gasteiger partial charge in [0.25, 0.3) is 0 Å². The molecule has 0 amide bonds. The summed E-state index contributed by atoms with van der Waals surface area (Å²) >= 11 is 0. The molecule has 0 bridgehead atoms. The van der Waals surface area contributed by atoms with Gasteiger partial charge in [-0.25, -0.2) is 0 Å². The molecule has 2 unspecified atom stereocenters. The minimum atomic E-state index is -0.566. The standard InChI is InChI=1S/C12H24O3/c1-5-9(6-2)11(13)10(7-3)12(14)15-8-4/h9-11,13H,5-8H2,1-4H3. The SMILES string of the molecule is CCOC(=O)C(CC)C(O)C(CC)CC. The van der Waals surface area contributed by atoms with Crippen LogP contribution in [-0.2, 0) is 9.53 Å². The van der Waals surface area contributed by atoms with Crippen molar-refractivity contribution < 1.29 is 14.6 Å². The van der Waals surface area contributed by atoms with Gasteiger partial charge in [0.15, 0.2) is 0 Å². The van der Waals surface area contributed by atoms with Crippen LogP contribution in [0.1, 0.15) is 47.0 Å². The predicted octanol–water partition coefficient (Wildman–Crippen LogP) is 2.37. The second-order valence-electron chi connectivity index (χ2n) is 3.83. The molecule has 3 nitrogen and oxygen atoms in total. The van der Waals surface area contributed by atoms with E-state index in [4.69, 9.17) is 4.74 Å². The minimum Gasteiger partial charge on any atom is -0.466 e. The third-order valence-corrected chi connectivity index (χ3v) is 2.97. The van der Waals surface area contributed by atoms with Gasteiger partial charge in [-0.1, -0.05) is 33.6 Å². The topological polar surface area (TPSA) is 46.5 Å². The maximum atomic E-state index is 11.6. The second kappa shape index (κ2) is 7.69. The van der Waals surface area contributed by atoms with Gasteiger partial charge in [-0.05, 0) is 19.3 Å². The van der Waals surface area contributed by atoms with E-state index in [-0.39, 0.29) is 17.8 Å². The zero-order valence-electron chi connectivity index (χ0n) is 10.3. The molecular formula is C12H24O3. The van der Waals surface area contributed by atoms with Gasteiger partial charge >= 0.3 is 5.97 Å². The number of ether oxygens (including phenoxy) is 1. The number of carbonyl (C=O) groups is 1. The summed E-state index contributed by atoms with van der Waals surface area (Å²) in [6.07, 6.45) is 1.86. The molecular weight excluding hydrogens is 192 g/mol. The van der Waals surface area contributed by atoms with E-state index in [2.05, 4.69) is 0 Å². The molecule has 0 aliphatic carbocycles. The molecule has 0 fully saturated rings. The summed E-state index contributed by atoms with van der Waals surface area (Å²) < 4.78 is 4.96. The molecule has 0 aliphatic rings. The van der Waals surface area contributed by atoms with Crippen molar-refractivity contribution in [1.82, 2.24) is 0 Å². The Morgan fingerprint density at radius 1 is 1.13 bits per heavy atom. The van der Waals surface area contributed by atoms with Crippen LogP contribution in [0, 0.1) is 11.8 Å². The number of aliphatic hydroxyl groups excluding tert-OH is 1. The lowest BCUT2D eigenvalue weighted by atomic mass is 9.86. The first kappa shape index (κ1) is 14.4. The highest BCUT2D eigenvalue weighted by Gasteiger charge is 2.30. The first-order valence-corrected chi connectivity index (χ1v) is 5.96. The summed E-state index contributed by atoms with van der Waals surface area (Å²) in [6, 6.07) is 0. The van der Waals surface area contributed by atoms with Gasteiger partial charge in [0.05, 0.1) is 18.6 Å². The molecule has 0 heterocycles. The predicted molar refractivity (Wildman–Crippen MR) is 60.5 cm³/mol. The average molecular weight is 216 g/mol. The minimum absolute atomic E-state index is 0.194. The van der Waals surface area contributed by atoms with E-state index in [1.54, 1.807) is 6.92 Å². The van der Waals surface area contributed by atoms with Crippen molar-refractivity contribution in [2.24, 2.45) is 11.8 Å². The lowest BCUT2D eigenvalue weighted by molar-refractivity contribution is -0.153. The van der Waals surface area contributed by atoms with Crippen LogP contribution < -0.4 is 0 Å². The first-order valence-electron chi connectivity index (χ1n) is 5.96. The van der Waals surface area contributed by atoms with Crippen LogP contribution in [0.2, 0.25) is 0 Å². The number of aliphatic hydroxyl groups is 1. The Balaban J connectivity index is 4.43. The van der Waals surface area contributed by atoms with E-state index in [9.17, 15) is 9.90 Å². The van der Waals surface area contributed by atoms with Crippen LogP contribution >= 0.6 is 0 Å². The van der Waals surface area contributed by atoms with Crippen LogP contribution in [-0.4, -0.2) is 23.8 Å². The van der Waals surface area contributed by atoms with Gasteiger partial charge in [-0.3, -0.25) is 4.79 Å². The van der Waals surface area contributed by atoms with E-state index in [1.165, 1.54) is 0 Å². The van der Waals surface area contributed by atoms with Gasteiger partial charge in [0.1, 0.15) is 0 Å². The molecule has 15 heavy (non-hydrogen) atoms. The Kier molecular flexibility index (Phi) is 7.39. The summed E-state index contributed by atoms with van der Waals surface area (Å²) in [7, 11) is 0. The van der Waals surface area contributed by atoms with Crippen LogP contribution in [0.5, 0.6) is 0 Å². The van der Waals surface area contributed by atoms with Gasteiger partial charge in [0, 0.05) is 0 Å². The summed E-state index contributed by atoms with van der Waals surface area (Å²) in [5, 5.41) is 10.1. The first-order chi connectivity index (χ1) is 7.12. The lowest BCUT2D eigenvalue weighted by Gasteiger charge is -2.26. The van der Waals surface area contributed by atoms with Crippen LogP contribution in [0.4, 0.5) is 0 Å². The maximum absolute atomic E-state index is 11.6. The molecule has 0 saturated carbocycles. The summed E-state index contributed by atoms with van der Waals surface area (Å²) in [4.78, 5) is 11.6. The molecule has 3 heteroatoms. The van der Waals surface area contributed by atoms with Crippen molar-refractivity contribution in [3.8, 4) is 0 Å². The Bertz CT molecular complexity index is 176. The molecule has 0 aromatic carbocycles. The van der Waals surface area contributed by atoms with E-state index in [0.717, 1.165) is 12.8 Å². The number of hydrogen-bond donors (Lipinski definition) is 1. The number of rotatable bonds is 7. The number of carbonyl (C=O) groups excluding carboxylic acids is 1. The Hall–Kier alpha value is -0.570. The molecule has 0 radical (unpaired) electrons. The zero-order chi connectivity index (χ0) is 11.8.